The summed E-state index contributed by atoms with van der Waals surface area (Å²) in [6.07, 6.45) is 0. The highest BCUT2D eigenvalue weighted by Gasteiger charge is 2.17. The molecule has 154 valence electrons. The molecule has 31 heavy (non-hydrogen) atoms. The second-order valence-corrected chi connectivity index (χ2v) is 8.81. The number of fused-ring (bicyclic) bond motifs is 1. The molecule has 2 heterocycles. The van der Waals surface area contributed by atoms with Crippen LogP contribution in [0.3, 0.4) is 0 Å². The van der Waals surface area contributed by atoms with Crippen molar-refractivity contribution in [2.24, 2.45) is 0 Å². The smallest absolute Gasteiger partial charge is 0.266 e. The van der Waals surface area contributed by atoms with Gasteiger partial charge in [-0.05, 0) is 49.1 Å². The van der Waals surface area contributed by atoms with E-state index in [1.807, 2.05) is 44.2 Å². The second kappa shape index (κ2) is 8.76. The molecular weight excluding hydrogens is 428 g/mol. The molecule has 6 nitrogen and oxygen atoms in total. The van der Waals surface area contributed by atoms with E-state index in [9.17, 15) is 9.59 Å². The molecule has 4 aromatic rings. The highest BCUT2D eigenvalue weighted by atomic mass is 32.2. The molecule has 8 heteroatoms. The van der Waals surface area contributed by atoms with E-state index in [1.54, 1.807) is 28.1 Å². The molecule has 2 aromatic heterocycles. The lowest BCUT2D eigenvalue weighted by Gasteiger charge is -2.15. The molecule has 0 spiro atoms. The zero-order chi connectivity index (χ0) is 22.0. The van der Waals surface area contributed by atoms with Crippen LogP contribution in [0.4, 0.5) is 5.00 Å². The second-order valence-electron chi connectivity index (χ2n) is 6.95. The summed E-state index contributed by atoms with van der Waals surface area (Å²) in [5.41, 5.74) is 3.62. The number of nitrogens with one attached hydrogen (secondary N) is 1. The van der Waals surface area contributed by atoms with Gasteiger partial charge in [-0.3, -0.25) is 14.2 Å². The van der Waals surface area contributed by atoms with Gasteiger partial charge in [0.25, 0.3) is 5.56 Å². The number of aryl methyl sites for hydroxylation is 2. The lowest BCUT2D eigenvalue weighted by atomic mass is 10.1. The number of anilines is 1. The van der Waals surface area contributed by atoms with Gasteiger partial charge >= 0.3 is 0 Å². The van der Waals surface area contributed by atoms with E-state index < -0.39 is 0 Å². The van der Waals surface area contributed by atoms with Crippen LogP contribution in [0.25, 0.3) is 16.6 Å². The predicted octanol–water partition coefficient (Wildman–Crippen LogP) is 4.67. The third kappa shape index (κ3) is 4.24. The van der Waals surface area contributed by atoms with E-state index in [4.69, 9.17) is 5.26 Å². The molecular formula is C23H18N4O2S2. The summed E-state index contributed by atoms with van der Waals surface area (Å²) in [6, 6.07) is 16.8. The summed E-state index contributed by atoms with van der Waals surface area (Å²) in [6.45, 7) is 3.95. The van der Waals surface area contributed by atoms with Crippen LogP contribution in [0.2, 0.25) is 0 Å². The number of aromatic nitrogens is 2. The van der Waals surface area contributed by atoms with Gasteiger partial charge in [-0.15, -0.1) is 11.3 Å². The molecule has 0 aliphatic heterocycles. The standard InChI is InChI=1S/C23H18N4O2S2/c1-14-7-8-19(15(2)11-14)27-22(29)17-5-3-4-6-18(17)25-23(27)31-13-20(28)26-21-16(12-24)9-10-30-21/h3-11H,13H2,1-2H3,(H,26,28). The molecule has 0 aliphatic carbocycles. The molecule has 0 radical (unpaired) electrons. The molecule has 0 saturated heterocycles. The third-order valence-electron chi connectivity index (χ3n) is 4.71. The van der Waals surface area contributed by atoms with Crippen LogP contribution in [-0.2, 0) is 4.79 Å². The summed E-state index contributed by atoms with van der Waals surface area (Å²) < 4.78 is 1.57. The fourth-order valence-electron chi connectivity index (χ4n) is 3.26. The Balaban J connectivity index is 1.72. The molecule has 0 fully saturated rings. The number of nitrogens with zero attached hydrogens (tertiary/aromatic N) is 3. The van der Waals surface area contributed by atoms with E-state index in [1.165, 1.54) is 23.1 Å². The average molecular weight is 447 g/mol. The van der Waals surface area contributed by atoms with Crippen molar-refractivity contribution in [1.82, 2.24) is 9.55 Å². The highest BCUT2D eigenvalue weighted by Crippen LogP contribution is 2.25. The van der Waals surface area contributed by atoms with Gasteiger partial charge in [0, 0.05) is 0 Å². The maximum atomic E-state index is 13.3. The van der Waals surface area contributed by atoms with Crippen LogP contribution in [0, 0.1) is 25.2 Å². The lowest BCUT2D eigenvalue weighted by Crippen LogP contribution is -2.23. The number of thiophene rings is 1. The maximum Gasteiger partial charge on any atom is 0.266 e. The number of amides is 1. The molecule has 4 rings (SSSR count). The Labute approximate surface area is 187 Å². The monoisotopic (exact) mass is 446 g/mol. The Bertz CT molecular complexity index is 1400. The van der Waals surface area contributed by atoms with Gasteiger partial charge < -0.3 is 5.32 Å². The van der Waals surface area contributed by atoms with Crippen molar-refractivity contribution in [3.63, 3.8) is 0 Å². The first-order chi connectivity index (χ1) is 15.0. The van der Waals surface area contributed by atoms with E-state index in [0.29, 0.717) is 26.6 Å². The summed E-state index contributed by atoms with van der Waals surface area (Å²) in [5, 5.41) is 15.1. The molecule has 0 atom stereocenters. The topological polar surface area (TPSA) is 87.8 Å². The fraction of sp³-hybridized carbons (Fsp3) is 0.130. The molecule has 1 amide bonds. The Morgan fingerprint density at radius 2 is 2.03 bits per heavy atom. The number of nitriles is 1. The number of rotatable bonds is 5. The van der Waals surface area contributed by atoms with Crippen molar-refractivity contribution in [2.45, 2.75) is 19.0 Å². The van der Waals surface area contributed by atoms with Crippen LogP contribution in [0.1, 0.15) is 16.7 Å². The van der Waals surface area contributed by atoms with Crippen molar-refractivity contribution in [1.29, 1.82) is 5.26 Å². The van der Waals surface area contributed by atoms with Gasteiger partial charge in [0.2, 0.25) is 5.91 Å². The summed E-state index contributed by atoms with van der Waals surface area (Å²) in [7, 11) is 0. The highest BCUT2D eigenvalue weighted by molar-refractivity contribution is 7.99. The zero-order valence-electron chi connectivity index (χ0n) is 16.9. The number of carbonyl (C=O) groups is 1. The number of thioether (sulfide) groups is 1. The predicted molar refractivity (Wildman–Crippen MR) is 125 cm³/mol. The lowest BCUT2D eigenvalue weighted by molar-refractivity contribution is -0.113. The van der Waals surface area contributed by atoms with Gasteiger partial charge in [-0.1, -0.05) is 41.6 Å². The Kier molecular flexibility index (Phi) is 5.89. The van der Waals surface area contributed by atoms with Crippen LogP contribution >= 0.6 is 23.1 Å². The number of carbonyl (C=O) groups excluding carboxylic acids is 1. The number of hydrogen-bond donors (Lipinski definition) is 1. The quantitative estimate of drug-likeness (QED) is 0.356. The first-order valence-corrected chi connectivity index (χ1v) is 11.3. The molecule has 0 saturated carbocycles. The normalized spacial score (nSPS) is 10.7. The Morgan fingerprint density at radius 3 is 2.81 bits per heavy atom. The first-order valence-electron chi connectivity index (χ1n) is 9.47. The number of benzene rings is 2. The van der Waals surface area contributed by atoms with Gasteiger partial charge in [-0.2, -0.15) is 5.26 Å². The van der Waals surface area contributed by atoms with Crippen LogP contribution in [0.15, 0.2) is 63.9 Å². The fourth-order valence-corrected chi connectivity index (χ4v) is 4.82. The van der Waals surface area contributed by atoms with Crippen molar-refractivity contribution in [2.75, 3.05) is 11.1 Å². The summed E-state index contributed by atoms with van der Waals surface area (Å²) in [4.78, 5) is 30.5. The Hall–Kier alpha value is -3.41. The van der Waals surface area contributed by atoms with Gasteiger partial charge in [-0.25, -0.2) is 4.98 Å². The molecule has 1 N–H and O–H groups in total. The maximum absolute atomic E-state index is 13.3. The minimum Gasteiger partial charge on any atom is -0.316 e. The van der Waals surface area contributed by atoms with E-state index in [-0.39, 0.29) is 17.2 Å². The molecule has 0 unspecified atom stereocenters. The minimum atomic E-state index is -0.265. The van der Waals surface area contributed by atoms with Crippen molar-refractivity contribution >= 4 is 44.9 Å². The zero-order valence-corrected chi connectivity index (χ0v) is 18.5. The average Bonchev–Trinajstić information content (AvgIpc) is 3.20. The van der Waals surface area contributed by atoms with E-state index in [2.05, 4.69) is 16.4 Å². The molecule has 0 aliphatic rings. The van der Waals surface area contributed by atoms with Crippen LogP contribution in [-0.4, -0.2) is 21.2 Å². The first kappa shape index (κ1) is 20.8. The van der Waals surface area contributed by atoms with Crippen molar-refractivity contribution in [3.05, 3.63) is 81.0 Å². The van der Waals surface area contributed by atoms with Crippen molar-refractivity contribution in [3.8, 4) is 11.8 Å². The summed E-state index contributed by atoms with van der Waals surface area (Å²) in [5.74, 6) is -0.211. The van der Waals surface area contributed by atoms with Gasteiger partial charge in [0.1, 0.15) is 11.1 Å². The molecule has 0 bridgehead atoms. The van der Waals surface area contributed by atoms with Crippen LogP contribution < -0.4 is 10.9 Å². The van der Waals surface area contributed by atoms with Crippen LogP contribution in [0.5, 0.6) is 0 Å². The summed E-state index contributed by atoms with van der Waals surface area (Å²) >= 11 is 2.49. The molecule has 2 aromatic carbocycles. The third-order valence-corrected chi connectivity index (χ3v) is 6.48. The minimum absolute atomic E-state index is 0.0540. The Morgan fingerprint density at radius 1 is 1.23 bits per heavy atom. The number of hydrogen-bond acceptors (Lipinski definition) is 6. The van der Waals surface area contributed by atoms with Gasteiger partial charge in [0.15, 0.2) is 5.16 Å². The number of para-hydroxylation sites is 1. The SMILES string of the molecule is Cc1ccc(-n2c(SCC(=O)Nc3sccc3C#N)nc3ccccc3c2=O)c(C)c1. The van der Waals surface area contributed by atoms with E-state index in [0.717, 1.165) is 16.8 Å². The van der Waals surface area contributed by atoms with E-state index >= 15 is 0 Å². The van der Waals surface area contributed by atoms with Gasteiger partial charge in [0.05, 0.1) is 27.9 Å². The van der Waals surface area contributed by atoms with Crippen molar-refractivity contribution < 1.29 is 4.79 Å². The largest absolute Gasteiger partial charge is 0.316 e.